The van der Waals surface area contributed by atoms with Crippen LogP contribution < -0.4 is 27.2 Å². The van der Waals surface area contributed by atoms with E-state index in [4.69, 9.17) is 12.8 Å². The first kappa shape index (κ1) is 19.2. The molecule has 1 atom stereocenters. The summed E-state index contributed by atoms with van der Waals surface area (Å²) in [5, 5.41) is 1.01. The van der Waals surface area contributed by atoms with Crippen molar-refractivity contribution in [2.45, 2.75) is 32.1 Å². The summed E-state index contributed by atoms with van der Waals surface area (Å²) in [6, 6.07) is 9.88. The van der Waals surface area contributed by atoms with Crippen molar-refractivity contribution in [3.05, 3.63) is 61.8 Å². The first-order valence-corrected chi connectivity index (χ1v) is 13.0. The van der Waals surface area contributed by atoms with Gasteiger partial charge in [0.05, 0.1) is 0 Å². The monoisotopic (exact) mass is 567 g/mol. The number of pyridine rings is 2. The number of ether oxygens (including phenoxy) is 1. The van der Waals surface area contributed by atoms with E-state index in [9.17, 15) is 9.59 Å². The van der Waals surface area contributed by atoms with E-state index in [1.165, 1.54) is 0 Å². The summed E-state index contributed by atoms with van der Waals surface area (Å²) in [4.78, 5) is 32.8. The first-order valence-electron chi connectivity index (χ1n) is 9.20. The fourth-order valence-corrected chi connectivity index (χ4v) is 6.16. The molecule has 5 rings (SSSR count). The third kappa shape index (κ3) is 2.65. The molecule has 8 heteroatoms. The van der Waals surface area contributed by atoms with Crippen LogP contribution in [0.5, 0.6) is 0 Å². The third-order valence-corrected chi connectivity index (χ3v) is 7.56. The van der Waals surface area contributed by atoms with Crippen molar-refractivity contribution in [2.24, 2.45) is 0 Å². The molecule has 1 aromatic carbocycles. The van der Waals surface area contributed by atoms with E-state index in [1.807, 2.05) is 36.1 Å². The molecular weight excluding hydrogens is 551 g/mol. The second-order valence-corrected chi connectivity index (χ2v) is 9.28. The molecule has 0 bridgehead atoms. The number of nitrogens with zero attached hydrogens (tertiary/aromatic N) is 2. The summed E-state index contributed by atoms with van der Waals surface area (Å²) in [6.45, 7) is 2.32. The number of carbonyl (C=O) groups is 1. The Bertz CT molecular complexity index is 1260. The Morgan fingerprint density at radius 3 is 2.93 bits per heavy atom. The van der Waals surface area contributed by atoms with Crippen molar-refractivity contribution in [3.63, 3.8) is 0 Å². The Morgan fingerprint density at radius 2 is 2.17 bits per heavy atom. The molecule has 2 aliphatic heterocycles. The van der Waals surface area contributed by atoms with Gasteiger partial charge in [0, 0.05) is 0 Å². The molecule has 0 radical (unpaired) electrons. The maximum absolute atomic E-state index is 13.3. The van der Waals surface area contributed by atoms with E-state index in [0.29, 0.717) is 24.1 Å². The van der Waals surface area contributed by atoms with Crippen LogP contribution in [0.15, 0.2) is 39.6 Å². The van der Waals surface area contributed by atoms with Gasteiger partial charge in [0.1, 0.15) is 0 Å². The SMILES string of the molecule is CC[C@@]1(O[I-]C)C(=O)OCc2c1cc1n(c2=O)Cc2cc3c(Br)cccc3nc2-1. The summed E-state index contributed by atoms with van der Waals surface area (Å²) >= 11 is 2.93. The number of carbonyl (C=O) groups excluding carboxylic acids is 1. The van der Waals surface area contributed by atoms with Crippen LogP contribution in [0, 0.1) is 0 Å². The zero-order valence-corrected chi connectivity index (χ0v) is 19.5. The minimum absolute atomic E-state index is 0.0161. The predicted octanol–water partition coefficient (Wildman–Crippen LogP) is 0.500. The number of halogens is 2. The van der Waals surface area contributed by atoms with E-state index < -0.39 is 33.2 Å². The predicted molar refractivity (Wildman–Crippen MR) is 107 cm³/mol. The average Bonchev–Trinajstić information content (AvgIpc) is 3.08. The van der Waals surface area contributed by atoms with Crippen LogP contribution in [0.1, 0.15) is 30.0 Å². The third-order valence-electron chi connectivity index (χ3n) is 5.68. The van der Waals surface area contributed by atoms with E-state index in [0.717, 1.165) is 32.3 Å². The number of fused-ring (bicyclic) bond motifs is 5. The number of aromatic nitrogens is 2. The Labute approximate surface area is 186 Å². The number of benzene rings is 1. The quantitative estimate of drug-likeness (QED) is 0.205. The second kappa shape index (κ2) is 6.88. The molecule has 0 spiro atoms. The van der Waals surface area contributed by atoms with Gasteiger partial charge in [-0.05, 0) is 0 Å². The maximum atomic E-state index is 13.3. The summed E-state index contributed by atoms with van der Waals surface area (Å²) in [5.74, 6) is -0.410. The fourth-order valence-electron chi connectivity index (χ4n) is 4.21. The van der Waals surface area contributed by atoms with Gasteiger partial charge in [-0.15, -0.1) is 0 Å². The van der Waals surface area contributed by atoms with Crippen LogP contribution in [0.25, 0.3) is 22.3 Å². The van der Waals surface area contributed by atoms with Crippen LogP contribution in [0.2, 0.25) is 0 Å². The van der Waals surface area contributed by atoms with Crippen molar-refractivity contribution < 1.29 is 34.2 Å². The second-order valence-electron chi connectivity index (χ2n) is 7.10. The van der Waals surface area contributed by atoms with Crippen molar-refractivity contribution in [1.29, 1.82) is 0 Å². The Morgan fingerprint density at radius 1 is 1.34 bits per heavy atom. The van der Waals surface area contributed by atoms with Gasteiger partial charge in [0.2, 0.25) is 0 Å². The molecule has 0 N–H and O–H groups in total. The van der Waals surface area contributed by atoms with Gasteiger partial charge in [-0.25, -0.2) is 0 Å². The molecule has 0 saturated heterocycles. The Kier molecular flexibility index (Phi) is 4.56. The number of esters is 1. The van der Waals surface area contributed by atoms with Gasteiger partial charge in [-0.3, -0.25) is 0 Å². The van der Waals surface area contributed by atoms with E-state index in [-0.39, 0.29) is 12.2 Å². The van der Waals surface area contributed by atoms with E-state index >= 15 is 0 Å². The zero-order chi connectivity index (χ0) is 20.3. The van der Waals surface area contributed by atoms with Crippen molar-refractivity contribution in [2.75, 3.05) is 4.93 Å². The first-order chi connectivity index (χ1) is 14.0. The molecule has 150 valence electrons. The topological polar surface area (TPSA) is 70.4 Å². The normalized spacial score (nSPS) is 19.8. The Balaban J connectivity index is 1.79. The van der Waals surface area contributed by atoms with Gasteiger partial charge in [-0.1, -0.05) is 0 Å². The van der Waals surface area contributed by atoms with Gasteiger partial charge in [-0.2, -0.15) is 0 Å². The minimum atomic E-state index is -1.20. The standard InChI is InChI=1S/C21H17BrIN2O4/c1-3-21(29-23-2)14-8-17-18-11(7-12-15(22)5-4-6-16(12)24-18)9-25(17)19(26)13(14)10-28-20(21)27/h4-8H,3,9-10H2,1-2H3/q-1/t21-/m0/s1. The fraction of sp³-hybridized carbons (Fsp3) is 0.286. The molecule has 6 nitrogen and oxygen atoms in total. The van der Waals surface area contributed by atoms with Gasteiger partial charge in [0.25, 0.3) is 0 Å². The van der Waals surface area contributed by atoms with Gasteiger partial charge >= 0.3 is 187 Å². The molecule has 0 aliphatic carbocycles. The van der Waals surface area contributed by atoms with Crippen LogP contribution in [0.3, 0.4) is 0 Å². The molecule has 0 unspecified atom stereocenters. The molecule has 4 heterocycles. The number of hydrogen-bond donors (Lipinski definition) is 0. The summed E-state index contributed by atoms with van der Waals surface area (Å²) < 4.78 is 14.1. The van der Waals surface area contributed by atoms with E-state index in [1.54, 1.807) is 4.57 Å². The van der Waals surface area contributed by atoms with Crippen molar-refractivity contribution in [1.82, 2.24) is 9.55 Å². The number of rotatable bonds is 3. The summed E-state index contributed by atoms with van der Waals surface area (Å²) in [5.41, 5.74) is 3.16. The number of cyclic esters (lactones) is 1. The van der Waals surface area contributed by atoms with Crippen LogP contribution in [0.4, 0.5) is 0 Å². The Hall–Kier alpha value is -1.78. The number of hydrogen-bond acceptors (Lipinski definition) is 5. The van der Waals surface area contributed by atoms with Crippen LogP contribution >= 0.6 is 15.9 Å². The van der Waals surface area contributed by atoms with Crippen LogP contribution in [-0.2, 0) is 31.4 Å². The molecular formula is C21H17BrIN2O4-. The van der Waals surface area contributed by atoms with Gasteiger partial charge in [0.15, 0.2) is 0 Å². The summed E-state index contributed by atoms with van der Waals surface area (Å²) in [7, 11) is 0. The molecule has 3 aromatic rings. The van der Waals surface area contributed by atoms with Crippen LogP contribution in [-0.4, -0.2) is 20.5 Å². The molecule has 0 amide bonds. The van der Waals surface area contributed by atoms with Crippen molar-refractivity contribution >= 4 is 32.8 Å². The summed E-state index contributed by atoms with van der Waals surface area (Å²) in [6.07, 6.45) is 0.417. The number of alkyl halides is 1. The van der Waals surface area contributed by atoms with E-state index in [2.05, 4.69) is 22.0 Å². The zero-order valence-electron chi connectivity index (χ0n) is 15.8. The van der Waals surface area contributed by atoms with Gasteiger partial charge < -0.3 is 0 Å². The molecule has 0 saturated carbocycles. The molecule has 29 heavy (non-hydrogen) atoms. The molecule has 2 aliphatic rings. The van der Waals surface area contributed by atoms with Crippen molar-refractivity contribution in [3.8, 4) is 11.4 Å². The molecule has 0 fully saturated rings. The molecule has 2 aromatic heterocycles. The average molecular weight is 568 g/mol.